The van der Waals surface area contributed by atoms with Crippen molar-refractivity contribution in [3.05, 3.63) is 50.4 Å². The Morgan fingerprint density at radius 3 is 2.95 bits per heavy atom. The van der Waals surface area contributed by atoms with E-state index in [1.54, 1.807) is 24.2 Å². The summed E-state index contributed by atoms with van der Waals surface area (Å²) < 4.78 is 5.75. The van der Waals surface area contributed by atoms with Gasteiger partial charge in [0, 0.05) is 30.3 Å². The molecule has 2 aromatic rings. The van der Waals surface area contributed by atoms with E-state index in [9.17, 15) is 10.1 Å². The lowest BCUT2D eigenvalue weighted by atomic mass is 10.3. The number of pyridine rings is 1. The van der Waals surface area contributed by atoms with Crippen molar-refractivity contribution in [2.24, 2.45) is 0 Å². The number of ether oxygens (including phenoxy) is 1. The van der Waals surface area contributed by atoms with Gasteiger partial charge < -0.3 is 9.64 Å². The van der Waals surface area contributed by atoms with E-state index >= 15 is 0 Å². The molecule has 0 aliphatic heterocycles. The van der Waals surface area contributed by atoms with Crippen molar-refractivity contribution in [1.29, 1.82) is 0 Å². The molecular weight excluding hydrogens is 328 g/mol. The van der Waals surface area contributed by atoms with Crippen LogP contribution in [-0.2, 0) is 6.54 Å². The Morgan fingerprint density at radius 1 is 1.59 bits per heavy atom. The van der Waals surface area contributed by atoms with Crippen molar-refractivity contribution in [2.75, 3.05) is 18.6 Å². The molecule has 0 saturated carbocycles. The summed E-state index contributed by atoms with van der Waals surface area (Å²) >= 11 is 7.10. The first kappa shape index (κ1) is 16.2. The van der Waals surface area contributed by atoms with E-state index in [1.807, 2.05) is 0 Å². The maximum Gasteiger partial charge on any atom is 0.311 e. The Labute approximate surface area is 136 Å². The summed E-state index contributed by atoms with van der Waals surface area (Å²) in [6, 6.07) is 2.83. The van der Waals surface area contributed by atoms with Gasteiger partial charge in [0.05, 0.1) is 11.5 Å². The molecule has 22 heavy (non-hydrogen) atoms. The van der Waals surface area contributed by atoms with E-state index in [0.717, 1.165) is 4.88 Å². The molecule has 0 spiro atoms. The Morgan fingerprint density at radius 2 is 2.36 bits per heavy atom. The third kappa shape index (κ3) is 3.92. The molecule has 9 heteroatoms. The molecule has 0 saturated heterocycles. The molecular formula is C13H13ClN4O3S. The van der Waals surface area contributed by atoms with E-state index in [0.29, 0.717) is 16.9 Å². The molecule has 116 valence electrons. The van der Waals surface area contributed by atoms with E-state index in [-0.39, 0.29) is 18.1 Å². The second kappa shape index (κ2) is 7.19. The van der Waals surface area contributed by atoms with Gasteiger partial charge in [-0.15, -0.1) is 11.3 Å². The van der Waals surface area contributed by atoms with Crippen molar-refractivity contribution in [2.45, 2.75) is 6.54 Å². The van der Waals surface area contributed by atoms with E-state index in [4.69, 9.17) is 16.3 Å². The molecule has 2 aromatic heterocycles. The van der Waals surface area contributed by atoms with Crippen molar-refractivity contribution >= 4 is 34.4 Å². The highest BCUT2D eigenvalue weighted by Gasteiger charge is 2.20. The second-order valence-corrected chi connectivity index (χ2v) is 5.98. The second-order valence-electron chi connectivity index (χ2n) is 4.28. The van der Waals surface area contributed by atoms with Crippen LogP contribution in [0.5, 0.6) is 5.88 Å². The largest absolute Gasteiger partial charge is 0.473 e. The van der Waals surface area contributed by atoms with Crippen LogP contribution in [0.25, 0.3) is 0 Å². The van der Waals surface area contributed by atoms with Crippen LogP contribution in [0.3, 0.4) is 0 Å². The van der Waals surface area contributed by atoms with Crippen molar-refractivity contribution in [3.63, 3.8) is 0 Å². The summed E-state index contributed by atoms with van der Waals surface area (Å²) in [4.78, 5) is 21.4. The third-order valence-corrected chi connectivity index (χ3v) is 3.75. The van der Waals surface area contributed by atoms with Crippen LogP contribution in [0.4, 0.5) is 11.5 Å². The third-order valence-electron chi connectivity index (χ3n) is 2.65. The maximum absolute atomic E-state index is 11.2. The van der Waals surface area contributed by atoms with Gasteiger partial charge in [0.25, 0.3) is 0 Å². The highest BCUT2D eigenvalue weighted by molar-refractivity contribution is 7.15. The average Bonchev–Trinajstić information content (AvgIpc) is 2.89. The van der Waals surface area contributed by atoms with Gasteiger partial charge in [0.2, 0.25) is 11.7 Å². The summed E-state index contributed by atoms with van der Waals surface area (Å²) in [7, 11) is 1.71. The van der Waals surface area contributed by atoms with Gasteiger partial charge in [-0.2, -0.15) is 4.98 Å². The molecule has 0 unspecified atom stereocenters. The predicted octanol–water partition coefficient (Wildman–Crippen LogP) is 3.30. The lowest BCUT2D eigenvalue weighted by molar-refractivity contribution is -0.384. The molecule has 0 atom stereocenters. The minimum Gasteiger partial charge on any atom is -0.473 e. The van der Waals surface area contributed by atoms with Gasteiger partial charge in [-0.05, 0) is 0 Å². The predicted molar refractivity (Wildman–Crippen MR) is 85.8 cm³/mol. The number of nitro groups is 1. The molecule has 2 heterocycles. The number of thiazole rings is 1. The van der Waals surface area contributed by atoms with Crippen LogP contribution in [0.15, 0.2) is 31.0 Å². The van der Waals surface area contributed by atoms with Gasteiger partial charge in [-0.25, -0.2) is 4.98 Å². The lowest BCUT2D eigenvalue weighted by Gasteiger charge is -2.17. The topological polar surface area (TPSA) is 81.4 Å². The number of anilines is 1. The molecule has 0 radical (unpaired) electrons. The maximum atomic E-state index is 11.2. The fourth-order valence-corrected chi connectivity index (χ4v) is 2.77. The van der Waals surface area contributed by atoms with E-state index < -0.39 is 4.92 Å². The first-order chi connectivity index (χ1) is 10.5. The minimum absolute atomic E-state index is 0.0935. The van der Waals surface area contributed by atoms with Gasteiger partial charge in [0.15, 0.2) is 4.47 Å². The van der Waals surface area contributed by atoms with Crippen molar-refractivity contribution in [3.8, 4) is 5.88 Å². The number of hydrogen-bond donors (Lipinski definition) is 0. The van der Waals surface area contributed by atoms with Gasteiger partial charge in [-0.1, -0.05) is 24.3 Å². The molecule has 2 rings (SSSR count). The van der Waals surface area contributed by atoms with Crippen LogP contribution < -0.4 is 9.64 Å². The first-order valence-corrected chi connectivity index (χ1v) is 7.41. The lowest BCUT2D eigenvalue weighted by Crippen LogP contribution is -2.18. The smallest absolute Gasteiger partial charge is 0.311 e. The zero-order chi connectivity index (χ0) is 16.1. The van der Waals surface area contributed by atoms with Crippen LogP contribution in [0.1, 0.15) is 4.88 Å². The monoisotopic (exact) mass is 340 g/mol. The molecule has 0 N–H and O–H groups in total. The summed E-state index contributed by atoms with van der Waals surface area (Å²) in [5, 5.41) is 11.2. The van der Waals surface area contributed by atoms with E-state index in [2.05, 4.69) is 16.5 Å². The highest BCUT2D eigenvalue weighted by atomic mass is 35.5. The zero-order valence-corrected chi connectivity index (χ0v) is 13.3. The van der Waals surface area contributed by atoms with Crippen molar-refractivity contribution < 1.29 is 9.66 Å². The normalized spacial score (nSPS) is 10.3. The Bertz CT molecular complexity index is 692. The fraction of sp³-hybridized carbons (Fsp3) is 0.231. The Hall–Kier alpha value is -2.19. The minimum atomic E-state index is -0.476. The molecule has 0 amide bonds. The quantitative estimate of drug-likeness (QED) is 0.437. The van der Waals surface area contributed by atoms with Crippen LogP contribution >= 0.6 is 22.9 Å². The molecule has 0 bridgehead atoms. The molecule has 0 aromatic carbocycles. The van der Waals surface area contributed by atoms with Crippen molar-refractivity contribution in [1.82, 2.24) is 9.97 Å². The first-order valence-electron chi connectivity index (χ1n) is 6.21. The number of aromatic nitrogens is 2. The standard InChI is InChI=1S/C13H13ClN4O3S/c1-3-6-21-11-5-4-10(18(19)20)12(16-11)17(2)8-9-7-15-13(14)22-9/h3-5,7H,1,6,8H2,2H3. The summed E-state index contributed by atoms with van der Waals surface area (Å²) in [5.74, 6) is 0.519. The fourth-order valence-electron chi connectivity index (χ4n) is 1.74. The average molecular weight is 341 g/mol. The zero-order valence-electron chi connectivity index (χ0n) is 11.7. The molecule has 0 aliphatic carbocycles. The number of nitrogens with zero attached hydrogens (tertiary/aromatic N) is 4. The summed E-state index contributed by atoms with van der Waals surface area (Å²) in [5.41, 5.74) is -0.0935. The highest BCUT2D eigenvalue weighted by Crippen LogP contribution is 2.29. The van der Waals surface area contributed by atoms with E-state index in [1.165, 1.54) is 23.5 Å². The summed E-state index contributed by atoms with van der Waals surface area (Å²) in [6.45, 7) is 4.23. The van der Waals surface area contributed by atoms with Crippen LogP contribution in [0.2, 0.25) is 4.47 Å². The van der Waals surface area contributed by atoms with Crippen LogP contribution in [-0.4, -0.2) is 28.5 Å². The number of halogens is 1. The van der Waals surface area contributed by atoms with Gasteiger partial charge in [-0.3, -0.25) is 10.1 Å². The van der Waals surface area contributed by atoms with Gasteiger partial charge >= 0.3 is 5.69 Å². The molecule has 0 aliphatic rings. The Balaban J connectivity index is 2.28. The molecule has 7 nitrogen and oxygen atoms in total. The Kier molecular flexibility index (Phi) is 5.29. The molecule has 0 fully saturated rings. The van der Waals surface area contributed by atoms with Crippen LogP contribution in [0, 0.1) is 10.1 Å². The summed E-state index contributed by atoms with van der Waals surface area (Å²) in [6.07, 6.45) is 3.21. The number of rotatable bonds is 7. The van der Waals surface area contributed by atoms with Gasteiger partial charge in [0.1, 0.15) is 6.61 Å². The SMILES string of the molecule is C=CCOc1ccc([N+](=O)[O-])c(N(C)Cc2cnc(Cl)s2)n1. The number of hydrogen-bond acceptors (Lipinski definition) is 7.